The van der Waals surface area contributed by atoms with Gasteiger partial charge in [-0.25, -0.2) is 4.68 Å². The lowest BCUT2D eigenvalue weighted by atomic mass is 10.0. The van der Waals surface area contributed by atoms with Gasteiger partial charge in [0.1, 0.15) is 5.82 Å². The fraction of sp³-hybridized carbons (Fsp3) is 0.385. The molecule has 1 unspecified atom stereocenters. The first kappa shape index (κ1) is 11.8. The molecule has 1 aliphatic heterocycles. The van der Waals surface area contributed by atoms with Gasteiger partial charge in [0.05, 0.1) is 0 Å². The third-order valence-corrected chi connectivity index (χ3v) is 3.28. The highest BCUT2D eigenvalue weighted by Gasteiger charge is 2.19. The number of rotatable bonds is 2. The summed E-state index contributed by atoms with van der Waals surface area (Å²) in [4.78, 5) is 20.2. The van der Waals surface area contributed by atoms with Crippen molar-refractivity contribution in [3.05, 3.63) is 35.9 Å². The number of fused-ring (bicyclic) bond motifs is 1. The van der Waals surface area contributed by atoms with Crippen LogP contribution in [-0.4, -0.2) is 25.7 Å². The van der Waals surface area contributed by atoms with Crippen molar-refractivity contribution in [3.8, 4) is 0 Å². The van der Waals surface area contributed by atoms with E-state index in [1.165, 1.54) is 0 Å². The minimum atomic E-state index is -0.210. The van der Waals surface area contributed by atoms with E-state index >= 15 is 0 Å². The number of carbonyl (C=O) groups excluding carboxylic acids is 1. The third kappa shape index (κ3) is 2.47. The number of carbonyl (C=O) groups is 1. The summed E-state index contributed by atoms with van der Waals surface area (Å²) in [6.45, 7) is 3.07. The number of pyridine rings is 1. The van der Waals surface area contributed by atoms with Crippen molar-refractivity contribution < 1.29 is 4.79 Å². The molecule has 0 fully saturated rings. The molecule has 0 radical (unpaired) electrons. The standard InChI is InChI=1S/C13H15N5O/c1-9-4-7-18-11(8-9)15-13(17-18)16-12(19)10-2-5-14-6-3-10/h2-3,5-6,9H,4,7-8H2,1H3,(H,16,17,19). The topological polar surface area (TPSA) is 72.7 Å². The Balaban J connectivity index is 1.76. The molecule has 98 valence electrons. The van der Waals surface area contributed by atoms with E-state index in [0.29, 0.717) is 17.4 Å². The van der Waals surface area contributed by atoms with E-state index in [1.807, 2.05) is 4.68 Å². The van der Waals surface area contributed by atoms with Crippen LogP contribution in [0, 0.1) is 5.92 Å². The van der Waals surface area contributed by atoms with Gasteiger partial charge in [-0.3, -0.25) is 15.1 Å². The molecule has 19 heavy (non-hydrogen) atoms. The fourth-order valence-corrected chi connectivity index (χ4v) is 2.19. The van der Waals surface area contributed by atoms with Crippen LogP contribution >= 0.6 is 0 Å². The number of amides is 1. The molecule has 0 bridgehead atoms. The van der Waals surface area contributed by atoms with Crippen molar-refractivity contribution >= 4 is 11.9 Å². The van der Waals surface area contributed by atoms with Crippen molar-refractivity contribution in [1.29, 1.82) is 0 Å². The molecule has 3 rings (SSSR count). The van der Waals surface area contributed by atoms with Gasteiger partial charge in [0.15, 0.2) is 0 Å². The maximum Gasteiger partial charge on any atom is 0.258 e. The average molecular weight is 257 g/mol. The molecule has 6 nitrogen and oxygen atoms in total. The number of hydrogen-bond donors (Lipinski definition) is 1. The van der Waals surface area contributed by atoms with E-state index in [2.05, 4.69) is 27.3 Å². The SMILES string of the molecule is CC1CCn2nc(NC(=O)c3ccncc3)nc2C1. The largest absolute Gasteiger partial charge is 0.289 e. The lowest BCUT2D eigenvalue weighted by molar-refractivity contribution is 0.102. The lowest BCUT2D eigenvalue weighted by Gasteiger charge is -2.17. The van der Waals surface area contributed by atoms with E-state index in [4.69, 9.17) is 0 Å². The summed E-state index contributed by atoms with van der Waals surface area (Å²) in [5.41, 5.74) is 0.552. The number of hydrogen-bond acceptors (Lipinski definition) is 4. The molecule has 6 heteroatoms. The molecule has 1 aliphatic rings. The predicted octanol–water partition coefficient (Wildman–Crippen LogP) is 1.51. The van der Waals surface area contributed by atoms with Crippen molar-refractivity contribution in [2.45, 2.75) is 26.3 Å². The Morgan fingerprint density at radius 2 is 2.21 bits per heavy atom. The predicted molar refractivity (Wildman–Crippen MR) is 69.7 cm³/mol. The van der Waals surface area contributed by atoms with Crippen molar-refractivity contribution in [1.82, 2.24) is 19.7 Å². The summed E-state index contributed by atoms with van der Waals surface area (Å²) >= 11 is 0. The molecule has 1 N–H and O–H groups in total. The molecule has 2 aromatic heterocycles. The molecule has 0 aromatic carbocycles. The molecular formula is C13H15N5O. The van der Waals surface area contributed by atoms with Gasteiger partial charge in [-0.2, -0.15) is 4.98 Å². The summed E-state index contributed by atoms with van der Waals surface area (Å²) in [5.74, 6) is 1.74. The van der Waals surface area contributed by atoms with Crippen LogP contribution in [0.3, 0.4) is 0 Å². The monoisotopic (exact) mass is 257 g/mol. The van der Waals surface area contributed by atoms with Crippen molar-refractivity contribution in [2.75, 3.05) is 5.32 Å². The van der Waals surface area contributed by atoms with Crippen LogP contribution in [0.25, 0.3) is 0 Å². The maximum absolute atomic E-state index is 12.0. The zero-order valence-electron chi connectivity index (χ0n) is 10.7. The van der Waals surface area contributed by atoms with Crippen molar-refractivity contribution in [2.24, 2.45) is 5.92 Å². The normalized spacial score (nSPS) is 17.8. The highest BCUT2D eigenvalue weighted by Crippen LogP contribution is 2.19. The summed E-state index contributed by atoms with van der Waals surface area (Å²) in [6, 6.07) is 3.32. The summed E-state index contributed by atoms with van der Waals surface area (Å²) < 4.78 is 1.88. The quantitative estimate of drug-likeness (QED) is 0.885. The second kappa shape index (κ2) is 4.79. The van der Waals surface area contributed by atoms with Gasteiger partial charge in [-0.1, -0.05) is 6.92 Å². The summed E-state index contributed by atoms with van der Waals surface area (Å²) in [7, 11) is 0. The van der Waals surface area contributed by atoms with Gasteiger partial charge in [0, 0.05) is 30.9 Å². The average Bonchev–Trinajstić information content (AvgIpc) is 2.81. The van der Waals surface area contributed by atoms with Crippen LogP contribution in [0.2, 0.25) is 0 Å². The van der Waals surface area contributed by atoms with E-state index in [-0.39, 0.29) is 5.91 Å². The Morgan fingerprint density at radius 3 is 3.00 bits per heavy atom. The Morgan fingerprint density at radius 1 is 1.42 bits per heavy atom. The minimum absolute atomic E-state index is 0.210. The molecule has 1 amide bonds. The fourth-order valence-electron chi connectivity index (χ4n) is 2.19. The van der Waals surface area contributed by atoms with Gasteiger partial charge in [-0.15, -0.1) is 5.10 Å². The van der Waals surface area contributed by atoms with E-state index in [1.54, 1.807) is 24.5 Å². The molecule has 0 saturated carbocycles. The van der Waals surface area contributed by atoms with Crippen LogP contribution in [0.1, 0.15) is 29.5 Å². The molecule has 0 saturated heterocycles. The first-order valence-electron chi connectivity index (χ1n) is 6.37. The highest BCUT2D eigenvalue weighted by molar-refractivity contribution is 6.03. The van der Waals surface area contributed by atoms with Gasteiger partial charge in [-0.05, 0) is 24.5 Å². The molecular weight excluding hydrogens is 242 g/mol. The molecule has 3 heterocycles. The van der Waals surface area contributed by atoms with E-state index < -0.39 is 0 Å². The Hall–Kier alpha value is -2.24. The van der Waals surface area contributed by atoms with Crippen molar-refractivity contribution in [3.63, 3.8) is 0 Å². The first-order chi connectivity index (χ1) is 9.22. The van der Waals surface area contributed by atoms with Gasteiger partial charge in [0.25, 0.3) is 5.91 Å². The molecule has 0 aliphatic carbocycles. The van der Waals surface area contributed by atoms with Crippen LogP contribution in [0.5, 0.6) is 0 Å². The Kier molecular flexibility index (Phi) is 2.98. The summed E-state index contributed by atoms with van der Waals surface area (Å²) in [6.07, 6.45) is 5.19. The number of aromatic nitrogens is 4. The number of aryl methyl sites for hydroxylation is 1. The van der Waals surface area contributed by atoms with Gasteiger partial charge in [0.2, 0.25) is 5.95 Å². The smallest absolute Gasteiger partial charge is 0.258 e. The van der Waals surface area contributed by atoms with Crippen LogP contribution in [0.15, 0.2) is 24.5 Å². The number of nitrogens with one attached hydrogen (secondary N) is 1. The highest BCUT2D eigenvalue weighted by atomic mass is 16.1. The minimum Gasteiger partial charge on any atom is -0.289 e. The second-order valence-electron chi connectivity index (χ2n) is 4.86. The van der Waals surface area contributed by atoms with E-state index in [0.717, 1.165) is 25.2 Å². The zero-order chi connectivity index (χ0) is 13.2. The van der Waals surface area contributed by atoms with Crippen LogP contribution in [-0.2, 0) is 13.0 Å². The molecule has 1 atom stereocenters. The maximum atomic E-state index is 12.0. The second-order valence-corrected chi connectivity index (χ2v) is 4.86. The molecule has 2 aromatic rings. The Labute approximate surface area is 110 Å². The van der Waals surface area contributed by atoms with Crippen LogP contribution in [0.4, 0.5) is 5.95 Å². The summed E-state index contributed by atoms with van der Waals surface area (Å²) in [5, 5.41) is 7.03. The number of nitrogens with zero attached hydrogens (tertiary/aromatic N) is 4. The van der Waals surface area contributed by atoms with Gasteiger partial charge < -0.3 is 0 Å². The van der Waals surface area contributed by atoms with Gasteiger partial charge >= 0.3 is 0 Å². The number of anilines is 1. The lowest BCUT2D eigenvalue weighted by Crippen LogP contribution is -2.18. The van der Waals surface area contributed by atoms with Crippen LogP contribution < -0.4 is 5.32 Å². The first-order valence-corrected chi connectivity index (χ1v) is 6.37. The molecule has 0 spiro atoms. The zero-order valence-corrected chi connectivity index (χ0v) is 10.7. The van der Waals surface area contributed by atoms with E-state index in [9.17, 15) is 4.79 Å². The Bertz CT molecular complexity index is 592. The third-order valence-electron chi connectivity index (χ3n) is 3.28.